The van der Waals surface area contributed by atoms with E-state index < -0.39 is 17.6 Å². The molecule has 1 heterocycles. The predicted molar refractivity (Wildman–Crippen MR) is 76.7 cm³/mol. The first-order valence-electron chi connectivity index (χ1n) is 6.05. The number of halogens is 2. The van der Waals surface area contributed by atoms with Crippen LogP contribution in [0.3, 0.4) is 0 Å². The molecule has 0 saturated heterocycles. The van der Waals surface area contributed by atoms with Crippen molar-refractivity contribution in [3.8, 4) is 10.6 Å². The van der Waals surface area contributed by atoms with Crippen LogP contribution in [0.25, 0.3) is 20.8 Å². The van der Waals surface area contributed by atoms with Crippen molar-refractivity contribution < 1.29 is 18.7 Å². The lowest BCUT2D eigenvalue weighted by atomic mass is 10.1. The Hall–Kier alpha value is -2.34. The van der Waals surface area contributed by atoms with Crippen molar-refractivity contribution in [3.63, 3.8) is 0 Å². The van der Waals surface area contributed by atoms with E-state index in [-0.39, 0.29) is 11.1 Å². The number of rotatable bonds is 2. The van der Waals surface area contributed by atoms with Gasteiger partial charge in [-0.15, -0.1) is 11.3 Å². The zero-order valence-corrected chi connectivity index (χ0v) is 11.7. The van der Waals surface area contributed by atoms with Crippen LogP contribution in [0.15, 0.2) is 30.3 Å². The average molecular weight is 305 g/mol. The minimum atomic E-state index is -1.03. The van der Waals surface area contributed by atoms with Gasteiger partial charge in [0, 0.05) is 11.6 Å². The molecule has 0 atom stereocenters. The molecule has 3 rings (SSSR count). The number of benzene rings is 2. The second-order valence-corrected chi connectivity index (χ2v) is 5.62. The van der Waals surface area contributed by atoms with Crippen LogP contribution in [0, 0.1) is 18.6 Å². The molecule has 0 fully saturated rings. The molecule has 0 saturated carbocycles. The summed E-state index contributed by atoms with van der Waals surface area (Å²) in [5, 5.41) is 9.36. The highest BCUT2D eigenvalue weighted by Crippen LogP contribution is 2.33. The first-order chi connectivity index (χ1) is 9.95. The molecule has 0 spiro atoms. The molecule has 3 aromatic rings. The number of carboxylic acid groups (broad SMARTS) is 1. The maximum atomic E-state index is 13.9. The Morgan fingerprint density at radius 3 is 2.67 bits per heavy atom. The van der Waals surface area contributed by atoms with E-state index in [1.165, 1.54) is 29.5 Å². The van der Waals surface area contributed by atoms with Gasteiger partial charge in [-0.05, 0) is 36.8 Å². The molecule has 6 heteroatoms. The fraction of sp³-hybridized carbons (Fsp3) is 0.0667. The number of aryl methyl sites for hydroxylation is 1. The third kappa shape index (κ3) is 2.38. The number of aromatic nitrogens is 1. The molecule has 0 aliphatic heterocycles. The standard InChI is InChI=1S/C15H9F2NO2S/c1-7-4-9(11(17)6-10(7)16)14-18-12-3-2-8(15(19)20)5-13(12)21-14/h2-6H,1H3,(H,19,20). The number of hydrogen-bond acceptors (Lipinski definition) is 3. The highest BCUT2D eigenvalue weighted by molar-refractivity contribution is 7.21. The fourth-order valence-electron chi connectivity index (χ4n) is 1.99. The minimum Gasteiger partial charge on any atom is -0.478 e. The van der Waals surface area contributed by atoms with E-state index in [4.69, 9.17) is 5.11 Å². The van der Waals surface area contributed by atoms with Crippen LogP contribution in [0.5, 0.6) is 0 Å². The van der Waals surface area contributed by atoms with E-state index in [0.717, 1.165) is 6.07 Å². The van der Waals surface area contributed by atoms with Crippen molar-refractivity contribution in [2.24, 2.45) is 0 Å². The lowest BCUT2D eigenvalue weighted by Gasteiger charge is -2.02. The number of hydrogen-bond donors (Lipinski definition) is 1. The second kappa shape index (κ2) is 4.89. The maximum Gasteiger partial charge on any atom is 0.335 e. The summed E-state index contributed by atoms with van der Waals surface area (Å²) in [7, 11) is 0. The van der Waals surface area contributed by atoms with Crippen LogP contribution in [-0.4, -0.2) is 16.1 Å². The third-order valence-corrected chi connectivity index (χ3v) is 4.17. The Labute approximate surface area is 122 Å². The van der Waals surface area contributed by atoms with Crippen molar-refractivity contribution in [2.45, 2.75) is 6.92 Å². The van der Waals surface area contributed by atoms with E-state index in [0.29, 0.717) is 20.8 Å². The summed E-state index contributed by atoms with van der Waals surface area (Å²) in [6.45, 7) is 1.55. The lowest BCUT2D eigenvalue weighted by Crippen LogP contribution is -1.94. The quantitative estimate of drug-likeness (QED) is 0.770. The van der Waals surface area contributed by atoms with Crippen LogP contribution >= 0.6 is 11.3 Å². The molecule has 0 unspecified atom stereocenters. The molecule has 21 heavy (non-hydrogen) atoms. The third-order valence-electron chi connectivity index (χ3n) is 3.11. The molecule has 106 valence electrons. The zero-order valence-electron chi connectivity index (χ0n) is 10.9. The number of thiazole rings is 1. The van der Waals surface area contributed by atoms with Crippen LogP contribution in [0.1, 0.15) is 15.9 Å². The second-order valence-electron chi connectivity index (χ2n) is 4.59. The molecular formula is C15H9F2NO2S. The van der Waals surface area contributed by atoms with Crippen LogP contribution < -0.4 is 0 Å². The van der Waals surface area contributed by atoms with E-state index in [9.17, 15) is 13.6 Å². The summed E-state index contributed by atoms with van der Waals surface area (Å²) in [6.07, 6.45) is 0. The van der Waals surface area contributed by atoms with Gasteiger partial charge in [0.25, 0.3) is 0 Å². The van der Waals surface area contributed by atoms with Crippen molar-refractivity contribution in [2.75, 3.05) is 0 Å². The number of carbonyl (C=O) groups is 1. The van der Waals surface area contributed by atoms with E-state index in [2.05, 4.69) is 4.98 Å². The van der Waals surface area contributed by atoms with Gasteiger partial charge in [-0.3, -0.25) is 0 Å². The molecule has 0 amide bonds. The first-order valence-corrected chi connectivity index (χ1v) is 6.87. The van der Waals surface area contributed by atoms with Crippen LogP contribution in [0.2, 0.25) is 0 Å². The molecule has 2 aromatic carbocycles. The molecule has 3 nitrogen and oxygen atoms in total. The predicted octanol–water partition coefficient (Wildman–Crippen LogP) is 4.25. The van der Waals surface area contributed by atoms with Gasteiger partial charge in [0.2, 0.25) is 0 Å². The summed E-state index contributed by atoms with van der Waals surface area (Å²) < 4.78 is 27.8. The molecule has 0 radical (unpaired) electrons. The zero-order chi connectivity index (χ0) is 15.1. The van der Waals surface area contributed by atoms with Crippen molar-refractivity contribution in [3.05, 3.63) is 53.1 Å². The summed E-state index contributed by atoms with van der Waals surface area (Å²) in [4.78, 5) is 15.2. The number of carboxylic acids is 1. The Morgan fingerprint density at radius 1 is 1.19 bits per heavy atom. The van der Waals surface area contributed by atoms with Gasteiger partial charge in [0.1, 0.15) is 16.6 Å². The minimum absolute atomic E-state index is 0.147. The van der Waals surface area contributed by atoms with Gasteiger partial charge in [-0.25, -0.2) is 18.6 Å². The Kier molecular flexibility index (Phi) is 3.17. The Balaban J connectivity index is 2.17. The van der Waals surface area contributed by atoms with Crippen LogP contribution in [0.4, 0.5) is 8.78 Å². The summed E-state index contributed by atoms with van der Waals surface area (Å²) >= 11 is 1.17. The number of fused-ring (bicyclic) bond motifs is 1. The topological polar surface area (TPSA) is 50.2 Å². The number of nitrogens with zero attached hydrogens (tertiary/aromatic N) is 1. The van der Waals surface area contributed by atoms with Gasteiger partial charge in [-0.1, -0.05) is 0 Å². The Bertz CT molecular complexity index is 873. The summed E-state index contributed by atoms with van der Waals surface area (Å²) in [6, 6.07) is 6.75. The monoisotopic (exact) mass is 305 g/mol. The normalized spacial score (nSPS) is 11.0. The van der Waals surface area contributed by atoms with Gasteiger partial charge in [0.05, 0.1) is 15.8 Å². The van der Waals surface area contributed by atoms with Gasteiger partial charge < -0.3 is 5.11 Å². The molecule has 0 bridgehead atoms. The molecular weight excluding hydrogens is 296 g/mol. The van der Waals surface area contributed by atoms with Crippen molar-refractivity contribution in [1.29, 1.82) is 0 Å². The fourth-order valence-corrected chi connectivity index (χ4v) is 3.02. The largest absolute Gasteiger partial charge is 0.478 e. The summed E-state index contributed by atoms with van der Waals surface area (Å²) in [5.74, 6) is -2.32. The van der Waals surface area contributed by atoms with Gasteiger partial charge in [-0.2, -0.15) is 0 Å². The lowest BCUT2D eigenvalue weighted by molar-refractivity contribution is 0.0697. The average Bonchev–Trinajstić information content (AvgIpc) is 2.85. The SMILES string of the molecule is Cc1cc(-c2nc3ccc(C(=O)O)cc3s2)c(F)cc1F. The van der Waals surface area contributed by atoms with Gasteiger partial charge >= 0.3 is 5.97 Å². The van der Waals surface area contributed by atoms with E-state index in [1.54, 1.807) is 13.0 Å². The maximum absolute atomic E-state index is 13.9. The van der Waals surface area contributed by atoms with Crippen LogP contribution in [-0.2, 0) is 0 Å². The van der Waals surface area contributed by atoms with E-state index >= 15 is 0 Å². The summed E-state index contributed by atoms with van der Waals surface area (Å²) in [5.41, 5.74) is 1.28. The smallest absolute Gasteiger partial charge is 0.335 e. The van der Waals surface area contributed by atoms with Crippen molar-refractivity contribution >= 4 is 27.5 Å². The molecule has 0 aliphatic carbocycles. The Morgan fingerprint density at radius 2 is 1.95 bits per heavy atom. The highest BCUT2D eigenvalue weighted by atomic mass is 32.1. The molecule has 0 aliphatic rings. The van der Waals surface area contributed by atoms with Gasteiger partial charge in [0.15, 0.2) is 0 Å². The van der Waals surface area contributed by atoms with Crippen molar-refractivity contribution in [1.82, 2.24) is 4.98 Å². The first kappa shape index (κ1) is 13.6. The highest BCUT2D eigenvalue weighted by Gasteiger charge is 2.14. The number of aromatic carboxylic acids is 1. The van der Waals surface area contributed by atoms with E-state index in [1.807, 2.05) is 0 Å². The molecule has 1 N–H and O–H groups in total. The molecule has 1 aromatic heterocycles.